The number of para-hydroxylation sites is 1. The van der Waals surface area contributed by atoms with Crippen molar-refractivity contribution in [2.45, 2.75) is 0 Å². The van der Waals surface area contributed by atoms with E-state index >= 15 is 0 Å². The molecule has 0 bridgehead atoms. The summed E-state index contributed by atoms with van der Waals surface area (Å²) in [7, 11) is 0. The second-order valence-electron chi connectivity index (χ2n) is 4.17. The van der Waals surface area contributed by atoms with Crippen molar-refractivity contribution >= 4 is 10.9 Å². The molecule has 0 saturated heterocycles. The Labute approximate surface area is 108 Å². The minimum Gasteiger partial charge on any atom is -0.506 e. The van der Waals surface area contributed by atoms with Gasteiger partial charge in [0, 0.05) is 17.0 Å². The van der Waals surface area contributed by atoms with Crippen LogP contribution in [0.5, 0.6) is 5.75 Å². The third-order valence-electron chi connectivity index (χ3n) is 2.89. The van der Waals surface area contributed by atoms with Gasteiger partial charge in [0.1, 0.15) is 23.1 Å². The predicted octanol–water partition coefficient (Wildman–Crippen LogP) is 3.89. The summed E-state index contributed by atoms with van der Waals surface area (Å²) in [6.45, 7) is 0. The van der Waals surface area contributed by atoms with Gasteiger partial charge in [-0.2, -0.15) is 0 Å². The van der Waals surface area contributed by atoms with Gasteiger partial charge in [0.15, 0.2) is 0 Å². The summed E-state index contributed by atoms with van der Waals surface area (Å²) in [5.74, 6) is -1.55. The maximum absolute atomic E-state index is 13.7. The molecule has 0 fully saturated rings. The van der Waals surface area contributed by atoms with E-state index in [4.69, 9.17) is 0 Å². The van der Waals surface area contributed by atoms with Crippen LogP contribution in [0.1, 0.15) is 0 Å². The van der Waals surface area contributed by atoms with Gasteiger partial charge in [0.25, 0.3) is 0 Å². The van der Waals surface area contributed by atoms with Crippen LogP contribution in [0.15, 0.2) is 48.5 Å². The van der Waals surface area contributed by atoms with Crippen molar-refractivity contribution < 1.29 is 13.9 Å². The number of hydrogen-bond acceptors (Lipinski definition) is 2. The van der Waals surface area contributed by atoms with Crippen molar-refractivity contribution in [2.75, 3.05) is 0 Å². The largest absolute Gasteiger partial charge is 0.506 e. The number of rotatable bonds is 1. The molecule has 0 amide bonds. The van der Waals surface area contributed by atoms with Crippen molar-refractivity contribution in [3.05, 3.63) is 60.2 Å². The molecule has 2 nitrogen and oxygen atoms in total. The van der Waals surface area contributed by atoms with Gasteiger partial charge in [-0.25, -0.2) is 13.8 Å². The molecule has 19 heavy (non-hydrogen) atoms. The number of aromatic hydroxyl groups is 1. The average Bonchev–Trinajstić information content (AvgIpc) is 2.38. The van der Waals surface area contributed by atoms with Crippen LogP contribution in [0.2, 0.25) is 0 Å². The average molecular weight is 257 g/mol. The fourth-order valence-corrected chi connectivity index (χ4v) is 1.98. The Balaban J connectivity index is 2.27. The molecule has 0 saturated carbocycles. The number of fused-ring (bicyclic) bond motifs is 1. The minimum atomic E-state index is -0.752. The van der Waals surface area contributed by atoms with Crippen molar-refractivity contribution in [1.82, 2.24) is 4.98 Å². The Kier molecular flexibility index (Phi) is 2.63. The highest BCUT2D eigenvalue weighted by Crippen LogP contribution is 2.32. The maximum atomic E-state index is 13.7. The molecule has 3 rings (SSSR count). The van der Waals surface area contributed by atoms with Crippen LogP contribution in [0, 0.1) is 11.6 Å². The highest BCUT2D eigenvalue weighted by atomic mass is 19.1. The SMILES string of the molecule is Oc1cc2ccccc2nc1-c1ccc(F)cc1F. The summed E-state index contributed by atoms with van der Waals surface area (Å²) >= 11 is 0. The van der Waals surface area contributed by atoms with Crippen LogP contribution in [0.4, 0.5) is 8.78 Å². The summed E-state index contributed by atoms with van der Waals surface area (Å²) in [5, 5.41) is 10.7. The lowest BCUT2D eigenvalue weighted by molar-refractivity contribution is 0.475. The minimum absolute atomic E-state index is 0.0738. The number of hydrogen-bond donors (Lipinski definition) is 1. The van der Waals surface area contributed by atoms with E-state index in [0.29, 0.717) is 5.52 Å². The molecular formula is C15H9F2NO. The van der Waals surface area contributed by atoms with E-state index < -0.39 is 11.6 Å². The lowest BCUT2D eigenvalue weighted by Gasteiger charge is -2.07. The van der Waals surface area contributed by atoms with E-state index in [0.717, 1.165) is 17.5 Å². The molecule has 0 spiro atoms. The Hall–Kier alpha value is -2.49. The maximum Gasteiger partial charge on any atom is 0.142 e. The molecule has 0 aliphatic rings. The molecule has 2 aromatic carbocycles. The van der Waals surface area contributed by atoms with Crippen LogP contribution >= 0.6 is 0 Å². The third kappa shape index (κ3) is 2.01. The van der Waals surface area contributed by atoms with Crippen LogP contribution in [0.25, 0.3) is 22.2 Å². The first-order chi connectivity index (χ1) is 9.15. The number of aromatic nitrogens is 1. The van der Waals surface area contributed by atoms with E-state index in [1.165, 1.54) is 12.1 Å². The van der Waals surface area contributed by atoms with Crippen molar-refractivity contribution in [3.8, 4) is 17.0 Å². The summed E-state index contributed by atoms with van der Waals surface area (Å²) < 4.78 is 26.6. The van der Waals surface area contributed by atoms with Gasteiger partial charge < -0.3 is 5.11 Å². The topological polar surface area (TPSA) is 33.1 Å². The van der Waals surface area contributed by atoms with E-state index in [2.05, 4.69) is 4.98 Å². The van der Waals surface area contributed by atoms with E-state index in [9.17, 15) is 13.9 Å². The lowest BCUT2D eigenvalue weighted by Crippen LogP contribution is -1.91. The number of nitrogens with zero attached hydrogens (tertiary/aromatic N) is 1. The summed E-state index contributed by atoms with van der Waals surface area (Å²) in [5.41, 5.74) is 0.819. The molecule has 0 unspecified atom stereocenters. The molecule has 3 aromatic rings. The van der Waals surface area contributed by atoms with E-state index in [-0.39, 0.29) is 17.0 Å². The van der Waals surface area contributed by atoms with Crippen LogP contribution in [-0.2, 0) is 0 Å². The highest BCUT2D eigenvalue weighted by Gasteiger charge is 2.13. The van der Waals surface area contributed by atoms with Crippen LogP contribution < -0.4 is 0 Å². The number of halogens is 2. The molecule has 1 heterocycles. The van der Waals surface area contributed by atoms with Crippen molar-refractivity contribution in [3.63, 3.8) is 0 Å². The normalized spacial score (nSPS) is 10.8. The fourth-order valence-electron chi connectivity index (χ4n) is 1.98. The number of pyridine rings is 1. The van der Waals surface area contributed by atoms with Gasteiger partial charge in [0.05, 0.1) is 5.52 Å². The standard InChI is InChI=1S/C15H9F2NO/c16-10-5-6-11(12(17)8-10)15-14(19)7-9-3-1-2-4-13(9)18-15/h1-8,19H. The fraction of sp³-hybridized carbons (Fsp3) is 0. The molecule has 94 valence electrons. The number of benzene rings is 2. The zero-order chi connectivity index (χ0) is 13.4. The Morgan fingerprint density at radius 1 is 0.947 bits per heavy atom. The smallest absolute Gasteiger partial charge is 0.142 e. The highest BCUT2D eigenvalue weighted by molar-refractivity contribution is 5.84. The van der Waals surface area contributed by atoms with Gasteiger partial charge in [-0.05, 0) is 24.3 Å². The molecular weight excluding hydrogens is 248 g/mol. The lowest BCUT2D eigenvalue weighted by atomic mass is 10.1. The first-order valence-corrected chi connectivity index (χ1v) is 5.69. The summed E-state index contributed by atoms with van der Waals surface area (Å²) in [6, 6.07) is 11.9. The van der Waals surface area contributed by atoms with Crippen LogP contribution in [-0.4, -0.2) is 10.1 Å². The summed E-state index contributed by atoms with van der Waals surface area (Å²) in [6.07, 6.45) is 0. The molecule has 0 atom stereocenters. The summed E-state index contributed by atoms with van der Waals surface area (Å²) in [4.78, 5) is 4.22. The zero-order valence-corrected chi connectivity index (χ0v) is 9.77. The first kappa shape index (κ1) is 11.6. The molecule has 0 radical (unpaired) electrons. The quantitative estimate of drug-likeness (QED) is 0.717. The van der Waals surface area contributed by atoms with Gasteiger partial charge >= 0.3 is 0 Å². The Morgan fingerprint density at radius 3 is 2.53 bits per heavy atom. The molecule has 4 heteroatoms. The van der Waals surface area contributed by atoms with Crippen molar-refractivity contribution in [1.29, 1.82) is 0 Å². The van der Waals surface area contributed by atoms with Gasteiger partial charge in [-0.15, -0.1) is 0 Å². The molecule has 0 aliphatic carbocycles. The second-order valence-corrected chi connectivity index (χ2v) is 4.17. The monoisotopic (exact) mass is 257 g/mol. The Bertz CT molecular complexity index is 771. The molecule has 1 N–H and O–H groups in total. The Morgan fingerprint density at radius 2 is 1.74 bits per heavy atom. The third-order valence-corrected chi connectivity index (χ3v) is 2.89. The first-order valence-electron chi connectivity index (χ1n) is 5.69. The molecule has 0 aliphatic heterocycles. The zero-order valence-electron chi connectivity index (χ0n) is 9.77. The van der Waals surface area contributed by atoms with Gasteiger partial charge in [-0.1, -0.05) is 18.2 Å². The van der Waals surface area contributed by atoms with E-state index in [1.54, 1.807) is 18.2 Å². The predicted molar refractivity (Wildman–Crippen MR) is 68.8 cm³/mol. The van der Waals surface area contributed by atoms with Crippen LogP contribution in [0.3, 0.4) is 0 Å². The van der Waals surface area contributed by atoms with E-state index in [1.807, 2.05) is 6.07 Å². The van der Waals surface area contributed by atoms with Gasteiger partial charge in [0.2, 0.25) is 0 Å². The van der Waals surface area contributed by atoms with Gasteiger partial charge in [-0.3, -0.25) is 0 Å². The second kappa shape index (κ2) is 4.31. The van der Waals surface area contributed by atoms with Crippen molar-refractivity contribution in [2.24, 2.45) is 0 Å². The molecule has 1 aromatic heterocycles.